The fraction of sp³-hybridized carbons (Fsp3) is 0.320. The molecular formula is C25H25FO4. The zero-order chi connectivity index (χ0) is 21.0. The highest BCUT2D eigenvalue weighted by Crippen LogP contribution is 2.41. The lowest BCUT2D eigenvalue weighted by Crippen LogP contribution is -2.36. The van der Waals surface area contributed by atoms with E-state index in [0.29, 0.717) is 43.6 Å². The smallest absolute Gasteiger partial charge is 0.133 e. The standard InChI is InChI=1S/C25H25FO4/c26-22-14-21(25(30-12-11-27)9-7-23(28)8-10-25)15-24(16-22)29-17-18-5-6-19-3-1-2-4-20(19)13-18/h1-6,13-16,27H,7-12,17H2. The highest BCUT2D eigenvalue weighted by atomic mass is 19.1. The third-order valence-electron chi connectivity index (χ3n) is 5.70. The van der Waals surface area contributed by atoms with E-state index in [4.69, 9.17) is 9.47 Å². The van der Waals surface area contributed by atoms with Gasteiger partial charge >= 0.3 is 0 Å². The molecule has 0 aliphatic heterocycles. The molecule has 0 atom stereocenters. The molecule has 4 nitrogen and oxygen atoms in total. The molecule has 0 spiro atoms. The van der Waals surface area contributed by atoms with Crippen LogP contribution < -0.4 is 4.74 Å². The van der Waals surface area contributed by atoms with Crippen LogP contribution in [-0.2, 0) is 21.7 Å². The van der Waals surface area contributed by atoms with Crippen molar-refractivity contribution in [2.45, 2.75) is 37.9 Å². The predicted molar refractivity (Wildman–Crippen MR) is 113 cm³/mol. The Balaban J connectivity index is 1.56. The van der Waals surface area contributed by atoms with Gasteiger partial charge in [-0.15, -0.1) is 0 Å². The molecule has 1 N–H and O–H groups in total. The van der Waals surface area contributed by atoms with Crippen molar-refractivity contribution in [1.82, 2.24) is 0 Å². The van der Waals surface area contributed by atoms with Crippen LogP contribution in [0.2, 0.25) is 0 Å². The SMILES string of the molecule is O=C1CCC(OCCO)(c2cc(F)cc(OCc3ccc4ccccc4c3)c2)CC1. The Morgan fingerprint density at radius 2 is 1.73 bits per heavy atom. The van der Waals surface area contributed by atoms with Crippen LogP contribution in [0.1, 0.15) is 36.8 Å². The molecule has 5 heteroatoms. The van der Waals surface area contributed by atoms with Gasteiger partial charge in [0, 0.05) is 18.9 Å². The molecule has 0 unspecified atom stereocenters. The number of aliphatic hydroxyl groups excluding tert-OH is 1. The summed E-state index contributed by atoms with van der Waals surface area (Å²) in [6, 6.07) is 18.8. The maximum atomic E-state index is 14.4. The number of hydrogen-bond donors (Lipinski definition) is 1. The summed E-state index contributed by atoms with van der Waals surface area (Å²) in [6.45, 7) is 0.324. The van der Waals surface area contributed by atoms with E-state index in [0.717, 1.165) is 16.3 Å². The molecule has 3 aromatic carbocycles. The summed E-state index contributed by atoms with van der Waals surface area (Å²) in [6.07, 6.45) is 1.71. The second-order valence-electron chi connectivity index (χ2n) is 7.75. The number of carbonyl (C=O) groups is 1. The number of aliphatic hydroxyl groups is 1. The number of benzene rings is 3. The highest BCUT2D eigenvalue weighted by Gasteiger charge is 2.38. The van der Waals surface area contributed by atoms with Gasteiger partial charge in [0.1, 0.15) is 24.0 Å². The summed E-state index contributed by atoms with van der Waals surface area (Å²) in [4.78, 5) is 11.7. The Morgan fingerprint density at radius 1 is 0.967 bits per heavy atom. The number of Topliss-reactive ketones (excluding diaryl/α,β-unsaturated/α-hetero) is 1. The van der Waals surface area contributed by atoms with Crippen molar-refractivity contribution >= 4 is 16.6 Å². The lowest BCUT2D eigenvalue weighted by Gasteiger charge is -2.37. The minimum atomic E-state index is -0.778. The average Bonchev–Trinajstić information content (AvgIpc) is 2.77. The summed E-state index contributed by atoms with van der Waals surface area (Å²) < 4.78 is 26.3. The van der Waals surface area contributed by atoms with E-state index in [-0.39, 0.29) is 19.0 Å². The van der Waals surface area contributed by atoms with Crippen LogP contribution in [0, 0.1) is 5.82 Å². The zero-order valence-electron chi connectivity index (χ0n) is 16.8. The van der Waals surface area contributed by atoms with Crippen LogP contribution in [0.3, 0.4) is 0 Å². The lowest BCUT2D eigenvalue weighted by atomic mass is 9.78. The zero-order valence-corrected chi connectivity index (χ0v) is 16.8. The van der Waals surface area contributed by atoms with E-state index in [9.17, 15) is 14.3 Å². The molecule has 0 radical (unpaired) electrons. The van der Waals surface area contributed by atoms with Gasteiger partial charge in [-0.3, -0.25) is 4.79 Å². The second-order valence-corrected chi connectivity index (χ2v) is 7.75. The van der Waals surface area contributed by atoms with Crippen molar-refractivity contribution in [1.29, 1.82) is 0 Å². The molecule has 3 aromatic rings. The molecule has 0 amide bonds. The Hall–Kier alpha value is -2.76. The van der Waals surface area contributed by atoms with Crippen LogP contribution in [-0.4, -0.2) is 24.1 Å². The van der Waals surface area contributed by atoms with Gasteiger partial charge in [-0.1, -0.05) is 36.4 Å². The van der Waals surface area contributed by atoms with Gasteiger partial charge in [-0.05, 0) is 52.9 Å². The molecule has 0 heterocycles. The average molecular weight is 408 g/mol. The van der Waals surface area contributed by atoms with Crippen molar-refractivity contribution in [2.75, 3.05) is 13.2 Å². The fourth-order valence-corrected chi connectivity index (χ4v) is 4.09. The molecular weight excluding hydrogens is 383 g/mol. The van der Waals surface area contributed by atoms with Gasteiger partial charge in [0.25, 0.3) is 0 Å². The molecule has 30 heavy (non-hydrogen) atoms. The second kappa shape index (κ2) is 8.94. The van der Waals surface area contributed by atoms with Crippen LogP contribution in [0.15, 0.2) is 60.7 Å². The van der Waals surface area contributed by atoms with Gasteiger partial charge in [0.2, 0.25) is 0 Å². The van der Waals surface area contributed by atoms with Crippen molar-refractivity contribution in [2.24, 2.45) is 0 Å². The van der Waals surface area contributed by atoms with Gasteiger partial charge in [0.05, 0.1) is 18.8 Å². The molecule has 156 valence electrons. The Kier molecular flexibility index (Phi) is 6.11. The summed E-state index contributed by atoms with van der Waals surface area (Å²) >= 11 is 0. The fourth-order valence-electron chi connectivity index (χ4n) is 4.09. The number of carbonyl (C=O) groups excluding carboxylic acids is 1. The maximum Gasteiger partial charge on any atom is 0.133 e. The molecule has 1 aliphatic carbocycles. The number of rotatable bonds is 7. The molecule has 1 saturated carbocycles. The molecule has 0 bridgehead atoms. The number of hydrogen-bond acceptors (Lipinski definition) is 4. The van der Waals surface area contributed by atoms with Gasteiger partial charge < -0.3 is 14.6 Å². The molecule has 0 aromatic heterocycles. The lowest BCUT2D eigenvalue weighted by molar-refractivity contribution is -0.132. The normalized spacial score (nSPS) is 16.0. The van der Waals surface area contributed by atoms with E-state index in [2.05, 4.69) is 12.1 Å². The Morgan fingerprint density at radius 3 is 2.50 bits per heavy atom. The first-order chi connectivity index (χ1) is 14.6. The summed E-state index contributed by atoms with van der Waals surface area (Å²) in [5, 5.41) is 11.5. The van der Waals surface area contributed by atoms with E-state index in [1.165, 1.54) is 12.1 Å². The third-order valence-corrected chi connectivity index (χ3v) is 5.70. The van der Waals surface area contributed by atoms with E-state index in [1.54, 1.807) is 6.07 Å². The summed E-state index contributed by atoms with van der Waals surface area (Å²) in [7, 11) is 0. The highest BCUT2D eigenvalue weighted by molar-refractivity contribution is 5.83. The van der Waals surface area contributed by atoms with E-state index < -0.39 is 11.4 Å². The monoisotopic (exact) mass is 408 g/mol. The molecule has 1 fully saturated rings. The first kappa shape index (κ1) is 20.5. The van der Waals surface area contributed by atoms with E-state index >= 15 is 0 Å². The summed E-state index contributed by atoms with van der Waals surface area (Å²) in [5.41, 5.74) is 0.866. The van der Waals surface area contributed by atoms with Crippen molar-refractivity contribution < 1.29 is 23.8 Å². The number of ether oxygens (including phenoxy) is 2. The van der Waals surface area contributed by atoms with E-state index in [1.807, 2.05) is 30.3 Å². The summed E-state index contributed by atoms with van der Waals surface area (Å²) in [5.74, 6) is 0.189. The van der Waals surface area contributed by atoms with Crippen molar-refractivity contribution in [3.05, 3.63) is 77.6 Å². The topological polar surface area (TPSA) is 55.8 Å². The Bertz CT molecular complexity index is 1040. The van der Waals surface area contributed by atoms with Crippen LogP contribution in [0.25, 0.3) is 10.8 Å². The molecule has 4 rings (SSSR count). The Labute approximate surface area is 175 Å². The number of fused-ring (bicyclic) bond motifs is 1. The first-order valence-corrected chi connectivity index (χ1v) is 10.3. The van der Waals surface area contributed by atoms with Crippen molar-refractivity contribution in [3.8, 4) is 5.75 Å². The molecule has 0 saturated heterocycles. The van der Waals surface area contributed by atoms with Gasteiger partial charge in [-0.25, -0.2) is 4.39 Å². The van der Waals surface area contributed by atoms with Crippen LogP contribution in [0.4, 0.5) is 4.39 Å². The van der Waals surface area contributed by atoms with Crippen molar-refractivity contribution in [3.63, 3.8) is 0 Å². The molecule has 1 aliphatic rings. The van der Waals surface area contributed by atoms with Crippen LogP contribution in [0.5, 0.6) is 5.75 Å². The first-order valence-electron chi connectivity index (χ1n) is 10.3. The minimum Gasteiger partial charge on any atom is -0.489 e. The van der Waals surface area contributed by atoms with Crippen LogP contribution >= 0.6 is 0 Å². The number of halogens is 1. The maximum absolute atomic E-state index is 14.4. The largest absolute Gasteiger partial charge is 0.489 e. The van der Waals surface area contributed by atoms with Gasteiger partial charge in [-0.2, -0.15) is 0 Å². The quantitative estimate of drug-likeness (QED) is 0.604. The predicted octanol–water partition coefficient (Wildman–Crippen LogP) is 4.91. The van der Waals surface area contributed by atoms with Gasteiger partial charge in [0.15, 0.2) is 0 Å². The minimum absolute atomic E-state index is 0.129. The number of ketones is 1. The third kappa shape index (κ3) is 4.53.